The molecule has 204 valence electrons. The van der Waals surface area contributed by atoms with Crippen molar-refractivity contribution in [1.29, 1.82) is 0 Å². The highest BCUT2D eigenvalue weighted by atomic mass is 28.5. The highest BCUT2D eigenvalue weighted by Crippen LogP contribution is 2.27. The molecule has 0 bridgehead atoms. The third-order valence-corrected chi connectivity index (χ3v) is 16.9. The summed E-state index contributed by atoms with van der Waals surface area (Å²) in [5.74, 6) is -0.557. The van der Waals surface area contributed by atoms with Crippen molar-refractivity contribution in [3.63, 3.8) is 0 Å². The molecule has 0 saturated heterocycles. The summed E-state index contributed by atoms with van der Waals surface area (Å²) < 4.78 is 29.8. The van der Waals surface area contributed by atoms with Gasteiger partial charge in [0.2, 0.25) is 0 Å². The maximum Gasteiger partial charge on any atom is 0.330 e. The molecule has 0 spiro atoms. The van der Waals surface area contributed by atoms with E-state index >= 15 is 0 Å². The molecule has 0 rings (SSSR count). The van der Waals surface area contributed by atoms with Crippen LogP contribution in [0.25, 0.3) is 0 Å². The average molecular weight is 547 g/mol. The van der Waals surface area contributed by atoms with Crippen molar-refractivity contribution in [3.8, 4) is 0 Å². The van der Waals surface area contributed by atoms with E-state index in [2.05, 4.69) is 65.5 Å². The minimum Gasteiger partial charge on any atom is -0.460 e. The van der Waals surface area contributed by atoms with Gasteiger partial charge in [-0.15, -0.1) is 0 Å². The van der Waals surface area contributed by atoms with Gasteiger partial charge in [-0.3, -0.25) is 0 Å². The lowest BCUT2D eigenvalue weighted by Crippen LogP contribution is -2.56. The quantitative estimate of drug-likeness (QED) is 0.108. The van der Waals surface area contributed by atoms with Crippen LogP contribution in [0.3, 0.4) is 0 Å². The van der Waals surface area contributed by atoms with E-state index < -0.39 is 45.8 Å². The predicted octanol–water partition coefficient (Wildman–Crippen LogP) is 6.52. The Kier molecular flexibility index (Phi) is 23.7. The number of rotatable bonds is 15. The second-order valence-corrected chi connectivity index (χ2v) is 26.2. The van der Waals surface area contributed by atoms with Crippen LogP contribution < -0.4 is 0 Å². The zero-order valence-corrected chi connectivity index (χ0v) is 23.8. The molecule has 0 aromatic carbocycles. The highest BCUT2D eigenvalue weighted by molar-refractivity contribution is 6.89. The normalized spacial score (nSPS) is 14.2. The largest absolute Gasteiger partial charge is 0.460 e. The molecule has 1 N–H and O–H groups in total. The van der Waals surface area contributed by atoms with Crippen molar-refractivity contribution in [2.45, 2.75) is 107 Å². The van der Waals surface area contributed by atoms with E-state index in [4.69, 9.17) is 21.8 Å². The Labute approximate surface area is 211 Å². The zero-order chi connectivity index (χ0) is 22.9. The van der Waals surface area contributed by atoms with Crippen molar-refractivity contribution >= 4 is 39.7 Å². The van der Waals surface area contributed by atoms with Crippen molar-refractivity contribution in [3.05, 3.63) is 12.7 Å². The molecule has 7 nitrogen and oxygen atoms in total. The SMILES string of the molecule is C.C.C.C.C=CC(=O)OCC(O)COCCC[Si](C)(O[Si](C)(C)C)O[Si](C)(C)O[Si](C)(C)C. The molecule has 0 aromatic rings. The van der Waals surface area contributed by atoms with E-state index in [1.54, 1.807) is 0 Å². The van der Waals surface area contributed by atoms with Crippen LogP contribution in [0.1, 0.15) is 36.1 Å². The monoisotopic (exact) mass is 546 g/mol. The molecule has 2 unspecified atom stereocenters. The van der Waals surface area contributed by atoms with Crippen LogP contribution in [0.5, 0.6) is 0 Å². The van der Waals surface area contributed by atoms with Gasteiger partial charge in [0.25, 0.3) is 0 Å². The number of esters is 1. The number of hydrogen-bond acceptors (Lipinski definition) is 7. The Morgan fingerprint density at radius 2 is 1.33 bits per heavy atom. The molecule has 0 aliphatic rings. The maximum atomic E-state index is 11.0. The van der Waals surface area contributed by atoms with Gasteiger partial charge in [-0.05, 0) is 71.4 Å². The lowest BCUT2D eigenvalue weighted by atomic mass is 10.4. The van der Waals surface area contributed by atoms with Crippen LogP contribution in [0.2, 0.25) is 65.0 Å². The van der Waals surface area contributed by atoms with E-state index in [9.17, 15) is 9.90 Å². The van der Waals surface area contributed by atoms with Crippen LogP contribution in [0.15, 0.2) is 12.7 Å². The Bertz CT molecular complexity index is 520. The first-order valence-corrected chi connectivity index (χ1v) is 22.3. The summed E-state index contributed by atoms with van der Waals surface area (Å²) >= 11 is 0. The molecule has 0 saturated carbocycles. The third-order valence-electron chi connectivity index (χ3n) is 3.35. The second kappa shape index (κ2) is 18.2. The Morgan fingerprint density at radius 1 is 0.848 bits per heavy atom. The lowest BCUT2D eigenvalue weighted by molar-refractivity contribution is -0.141. The van der Waals surface area contributed by atoms with E-state index in [-0.39, 0.29) is 42.9 Å². The fourth-order valence-corrected chi connectivity index (χ4v) is 21.0. The number of hydrogen-bond donors (Lipinski definition) is 1. The van der Waals surface area contributed by atoms with Crippen molar-refractivity contribution < 1.29 is 31.7 Å². The van der Waals surface area contributed by atoms with Crippen LogP contribution in [0, 0.1) is 0 Å². The fourth-order valence-electron chi connectivity index (χ4n) is 3.05. The summed E-state index contributed by atoms with van der Waals surface area (Å²) in [6.45, 7) is 23.2. The molecule has 0 heterocycles. The van der Waals surface area contributed by atoms with Crippen LogP contribution in [-0.2, 0) is 26.6 Å². The van der Waals surface area contributed by atoms with Crippen LogP contribution in [0.4, 0.5) is 0 Å². The van der Waals surface area contributed by atoms with Gasteiger partial charge in [0, 0.05) is 12.7 Å². The molecule has 0 aliphatic carbocycles. The molecular formula is C22H58O7Si4. The number of carbonyl (C=O) groups excluding carboxylic acids is 1. The molecule has 0 aliphatic heterocycles. The van der Waals surface area contributed by atoms with Crippen molar-refractivity contribution in [2.75, 3.05) is 19.8 Å². The zero-order valence-electron chi connectivity index (χ0n) is 19.8. The topological polar surface area (TPSA) is 83.5 Å². The van der Waals surface area contributed by atoms with Crippen molar-refractivity contribution in [1.82, 2.24) is 0 Å². The van der Waals surface area contributed by atoms with E-state index in [0.29, 0.717) is 6.61 Å². The Morgan fingerprint density at radius 3 is 1.76 bits per heavy atom. The van der Waals surface area contributed by atoms with Gasteiger partial charge < -0.3 is 26.9 Å². The first-order chi connectivity index (χ1) is 13.0. The van der Waals surface area contributed by atoms with Gasteiger partial charge in [-0.25, -0.2) is 4.79 Å². The molecule has 11 heteroatoms. The van der Waals surface area contributed by atoms with Gasteiger partial charge in [0.05, 0.1) is 6.61 Å². The highest BCUT2D eigenvalue weighted by Gasteiger charge is 2.44. The van der Waals surface area contributed by atoms with Gasteiger partial charge in [-0.2, -0.15) is 0 Å². The summed E-state index contributed by atoms with van der Waals surface area (Å²) in [6.07, 6.45) is 0.978. The molecule has 33 heavy (non-hydrogen) atoms. The number of aliphatic hydroxyl groups excluding tert-OH is 1. The third kappa shape index (κ3) is 24.8. The summed E-state index contributed by atoms with van der Waals surface area (Å²) in [6, 6.07) is 0.796. The molecule has 0 radical (unpaired) electrons. The average Bonchev–Trinajstić information content (AvgIpc) is 2.46. The standard InChI is InChI=1S/C18H42O7Si4.4CH4/c1-11-18(20)22-16-17(19)15-21-13-12-14-29(10,24-27(5,6)7)25-28(8,9)23-26(2,3)4;;;;/h11,17,19H,1,12-16H2,2-10H3;4*1H4. The summed E-state index contributed by atoms with van der Waals surface area (Å²) in [7, 11) is -8.23. The Hall–Kier alpha value is -0.122. The molecule has 0 amide bonds. The number of carbonyl (C=O) groups is 1. The fraction of sp³-hybridized carbons (Fsp3) is 0.864. The molecule has 0 fully saturated rings. The first kappa shape index (κ1) is 43.0. The predicted molar refractivity (Wildman–Crippen MR) is 153 cm³/mol. The lowest BCUT2D eigenvalue weighted by Gasteiger charge is -2.41. The van der Waals surface area contributed by atoms with E-state index in [1.807, 2.05) is 0 Å². The number of aliphatic hydroxyl groups is 1. The van der Waals surface area contributed by atoms with Crippen LogP contribution in [-0.4, -0.2) is 70.8 Å². The van der Waals surface area contributed by atoms with E-state index in [1.165, 1.54) is 0 Å². The van der Waals surface area contributed by atoms with E-state index in [0.717, 1.165) is 18.5 Å². The second-order valence-electron chi connectivity index (χ2n) is 9.73. The molecule has 2 atom stereocenters. The minimum absolute atomic E-state index is 0. The Balaban J connectivity index is -0.000000653. The molecule has 0 aromatic heterocycles. The van der Waals surface area contributed by atoms with Gasteiger partial charge in [-0.1, -0.05) is 36.3 Å². The summed E-state index contributed by atoms with van der Waals surface area (Å²) in [4.78, 5) is 11.0. The smallest absolute Gasteiger partial charge is 0.330 e. The van der Waals surface area contributed by atoms with Crippen LogP contribution >= 0.6 is 0 Å². The first-order valence-electron chi connectivity index (χ1n) is 10.1. The van der Waals surface area contributed by atoms with Gasteiger partial charge in [0.1, 0.15) is 12.7 Å². The maximum absolute atomic E-state index is 11.0. The van der Waals surface area contributed by atoms with Gasteiger partial charge in [0.15, 0.2) is 16.6 Å². The number of ether oxygens (including phenoxy) is 2. The minimum atomic E-state index is -2.43. The van der Waals surface area contributed by atoms with Gasteiger partial charge >= 0.3 is 23.1 Å². The summed E-state index contributed by atoms with van der Waals surface area (Å²) in [5.41, 5.74) is 0. The summed E-state index contributed by atoms with van der Waals surface area (Å²) in [5, 5.41) is 9.79. The molecular weight excluding hydrogens is 489 g/mol. The van der Waals surface area contributed by atoms with Crippen molar-refractivity contribution in [2.24, 2.45) is 0 Å².